The van der Waals surface area contributed by atoms with E-state index in [0.29, 0.717) is 0 Å². The number of benzene rings is 1. The number of halogens is 5. The van der Waals surface area contributed by atoms with Gasteiger partial charge in [-0.05, 0) is 76.0 Å². The van der Waals surface area contributed by atoms with Gasteiger partial charge in [0.1, 0.15) is 0 Å². The van der Waals surface area contributed by atoms with Crippen LogP contribution in [0.15, 0.2) is 18.3 Å². The number of hydrogen-bond acceptors (Lipinski definition) is 4. The van der Waals surface area contributed by atoms with Crippen molar-refractivity contribution in [2.24, 2.45) is 11.3 Å². The van der Waals surface area contributed by atoms with Crippen molar-refractivity contribution >= 4 is 40.9 Å². The molecule has 12 heteroatoms. The van der Waals surface area contributed by atoms with Gasteiger partial charge in [0.25, 0.3) is 5.91 Å². The van der Waals surface area contributed by atoms with Gasteiger partial charge in [-0.15, -0.1) is 0 Å². The summed E-state index contributed by atoms with van der Waals surface area (Å²) in [5.74, 6) is -2.43. The average Bonchev–Trinajstić information content (AvgIpc) is 3.25. The summed E-state index contributed by atoms with van der Waals surface area (Å²) in [4.78, 5) is 39.6. The van der Waals surface area contributed by atoms with Crippen LogP contribution in [-0.4, -0.2) is 50.5 Å². The van der Waals surface area contributed by atoms with E-state index in [0.717, 1.165) is 40.6 Å². The number of hydrogen-bond donors (Lipinski definition) is 1. The Bertz CT molecular complexity index is 1260. The first-order valence-electron chi connectivity index (χ1n) is 12.9. The minimum atomic E-state index is -4.90. The highest BCUT2D eigenvalue weighted by Gasteiger charge is 2.45. The molecule has 4 rings (SSSR count). The molecule has 1 aromatic heterocycles. The molecule has 0 spiro atoms. The molecule has 212 valence electrons. The molecule has 1 amide bonds. The van der Waals surface area contributed by atoms with E-state index in [1.165, 1.54) is 0 Å². The molecule has 2 aliphatic rings. The van der Waals surface area contributed by atoms with Crippen molar-refractivity contribution in [2.45, 2.75) is 71.0 Å². The molecule has 39 heavy (non-hydrogen) atoms. The SMILES string of the molecule is Cc1cc(Cl)c(C(=O)CN(CC2CCC2)C(=O)c2cnn([C@H]3CC[C@](C)(C(=O)O)CC3)c2C(F)(F)F)c(Cl)c1. The second-order valence-electron chi connectivity index (χ2n) is 11.0. The lowest BCUT2D eigenvalue weighted by atomic mass is 9.74. The average molecular weight is 588 g/mol. The Kier molecular flexibility index (Phi) is 8.38. The maximum atomic E-state index is 14.4. The highest BCUT2D eigenvalue weighted by Crippen LogP contribution is 2.43. The molecule has 2 saturated carbocycles. The fourth-order valence-corrected chi connectivity index (χ4v) is 6.18. The first kappa shape index (κ1) is 29.4. The normalized spacial score (nSPS) is 21.9. The fraction of sp³-hybridized carbons (Fsp3) is 0.556. The summed E-state index contributed by atoms with van der Waals surface area (Å²) in [6.07, 6.45) is -0.711. The third-order valence-electron chi connectivity index (χ3n) is 8.01. The van der Waals surface area contributed by atoms with Gasteiger partial charge >= 0.3 is 12.1 Å². The van der Waals surface area contributed by atoms with Crippen molar-refractivity contribution in [3.05, 3.63) is 50.8 Å². The lowest BCUT2D eigenvalue weighted by molar-refractivity contribution is -0.152. The Balaban J connectivity index is 1.65. The van der Waals surface area contributed by atoms with E-state index < -0.39 is 53.1 Å². The summed E-state index contributed by atoms with van der Waals surface area (Å²) in [7, 11) is 0. The Hall–Kier alpha value is -2.59. The molecule has 0 atom stereocenters. The number of amides is 1. The van der Waals surface area contributed by atoms with Crippen LogP contribution in [0.25, 0.3) is 0 Å². The Morgan fingerprint density at radius 1 is 1.13 bits per heavy atom. The van der Waals surface area contributed by atoms with Crippen LogP contribution in [0.5, 0.6) is 0 Å². The number of aliphatic carboxylic acids is 1. The zero-order valence-electron chi connectivity index (χ0n) is 21.7. The number of carboxylic acid groups (broad SMARTS) is 1. The molecule has 0 radical (unpaired) electrons. The molecule has 2 aliphatic carbocycles. The topological polar surface area (TPSA) is 92.5 Å². The van der Waals surface area contributed by atoms with Gasteiger partial charge in [0.2, 0.25) is 0 Å². The summed E-state index contributed by atoms with van der Waals surface area (Å²) in [6, 6.07) is 2.41. The van der Waals surface area contributed by atoms with Crippen LogP contribution in [0.3, 0.4) is 0 Å². The minimum Gasteiger partial charge on any atom is -0.481 e. The second-order valence-corrected chi connectivity index (χ2v) is 11.8. The van der Waals surface area contributed by atoms with Crippen molar-refractivity contribution in [1.29, 1.82) is 0 Å². The number of rotatable bonds is 8. The van der Waals surface area contributed by atoms with Crippen LogP contribution in [0, 0.1) is 18.3 Å². The summed E-state index contributed by atoms with van der Waals surface area (Å²) >= 11 is 12.5. The first-order valence-corrected chi connectivity index (χ1v) is 13.6. The predicted octanol–water partition coefficient (Wildman–Crippen LogP) is 6.85. The highest BCUT2D eigenvalue weighted by atomic mass is 35.5. The minimum absolute atomic E-state index is 0.0192. The quantitative estimate of drug-likeness (QED) is 0.341. The summed E-state index contributed by atoms with van der Waals surface area (Å²) < 4.78 is 44.0. The van der Waals surface area contributed by atoms with Gasteiger partial charge in [-0.2, -0.15) is 18.3 Å². The van der Waals surface area contributed by atoms with Gasteiger partial charge < -0.3 is 10.0 Å². The largest absolute Gasteiger partial charge is 0.481 e. The van der Waals surface area contributed by atoms with Gasteiger partial charge in [-0.1, -0.05) is 29.6 Å². The van der Waals surface area contributed by atoms with Gasteiger partial charge in [0.05, 0.1) is 45.4 Å². The number of nitrogens with zero attached hydrogens (tertiary/aromatic N) is 3. The number of Topliss-reactive ketones (excluding diaryl/α,β-unsaturated/α-hetero) is 1. The third-order valence-corrected chi connectivity index (χ3v) is 8.60. The van der Waals surface area contributed by atoms with E-state index in [-0.39, 0.29) is 53.8 Å². The van der Waals surface area contributed by atoms with E-state index >= 15 is 0 Å². The number of aryl methyl sites for hydroxylation is 1. The molecular formula is C27H30Cl2F3N3O4. The van der Waals surface area contributed by atoms with Gasteiger partial charge in [0, 0.05) is 6.54 Å². The number of carbonyl (C=O) groups excluding carboxylic acids is 2. The van der Waals surface area contributed by atoms with Crippen LogP contribution in [-0.2, 0) is 11.0 Å². The molecule has 1 aromatic carbocycles. The summed E-state index contributed by atoms with van der Waals surface area (Å²) in [5, 5.41) is 13.7. The number of alkyl halides is 3. The zero-order valence-corrected chi connectivity index (χ0v) is 23.2. The van der Waals surface area contributed by atoms with Gasteiger partial charge in [-0.3, -0.25) is 19.1 Å². The smallest absolute Gasteiger partial charge is 0.433 e. The second kappa shape index (κ2) is 11.1. The zero-order chi connectivity index (χ0) is 28.7. The van der Waals surface area contributed by atoms with Gasteiger partial charge in [-0.25, -0.2) is 0 Å². The van der Waals surface area contributed by atoms with E-state index in [4.69, 9.17) is 23.2 Å². The molecule has 1 N–H and O–H groups in total. The van der Waals surface area contributed by atoms with Crippen molar-refractivity contribution < 1.29 is 32.7 Å². The summed E-state index contributed by atoms with van der Waals surface area (Å²) in [5.41, 5.74) is -2.08. The van der Waals surface area contributed by atoms with Crippen molar-refractivity contribution in [2.75, 3.05) is 13.1 Å². The molecule has 0 bridgehead atoms. The Morgan fingerprint density at radius 3 is 2.21 bits per heavy atom. The van der Waals surface area contributed by atoms with E-state index in [2.05, 4.69) is 5.10 Å². The maximum Gasteiger partial charge on any atom is 0.433 e. The summed E-state index contributed by atoms with van der Waals surface area (Å²) in [6.45, 7) is 2.97. The molecule has 7 nitrogen and oxygen atoms in total. The Labute approximate surface area is 234 Å². The number of carbonyl (C=O) groups is 3. The highest BCUT2D eigenvalue weighted by molar-refractivity contribution is 6.40. The fourth-order valence-electron chi connectivity index (χ4n) is 5.37. The Morgan fingerprint density at radius 2 is 1.72 bits per heavy atom. The first-order chi connectivity index (χ1) is 18.2. The van der Waals surface area contributed by atoms with Crippen LogP contribution in [0.1, 0.15) is 89.9 Å². The van der Waals surface area contributed by atoms with Crippen LogP contribution >= 0.6 is 23.2 Å². The molecular weight excluding hydrogens is 558 g/mol. The van der Waals surface area contributed by atoms with Gasteiger partial charge in [0.15, 0.2) is 11.5 Å². The molecule has 1 heterocycles. The van der Waals surface area contributed by atoms with E-state index in [1.54, 1.807) is 26.0 Å². The number of ketones is 1. The van der Waals surface area contributed by atoms with Crippen molar-refractivity contribution in [3.63, 3.8) is 0 Å². The van der Waals surface area contributed by atoms with Crippen LogP contribution < -0.4 is 0 Å². The third kappa shape index (κ3) is 6.11. The van der Waals surface area contributed by atoms with Crippen LogP contribution in [0.4, 0.5) is 13.2 Å². The van der Waals surface area contributed by atoms with E-state index in [9.17, 15) is 32.7 Å². The van der Waals surface area contributed by atoms with Crippen molar-refractivity contribution in [1.82, 2.24) is 14.7 Å². The lowest BCUT2D eigenvalue weighted by Crippen LogP contribution is -2.41. The monoisotopic (exact) mass is 587 g/mol. The molecule has 0 unspecified atom stereocenters. The number of carboxylic acids is 1. The van der Waals surface area contributed by atoms with E-state index in [1.807, 2.05) is 0 Å². The van der Waals surface area contributed by atoms with Crippen molar-refractivity contribution in [3.8, 4) is 0 Å². The maximum absolute atomic E-state index is 14.4. The molecule has 2 aromatic rings. The van der Waals surface area contributed by atoms with Crippen LogP contribution in [0.2, 0.25) is 10.0 Å². The molecule has 0 saturated heterocycles. The number of aromatic nitrogens is 2. The standard InChI is InChI=1S/C27H30Cl2F3N3O4/c1-15-10-19(28)22(20(29)11-15)21(36)14-34(13-16-4-3-5-16)24(37)18-12-33-35(23(18)27(30,31)32)17-6-8-26(2,9-7-17)25(38)39/h10-12,16-17H,3-9,13-14H2,1-2H3,(H,38,39)/t17-,26-. The predicted molar refractivity (Wildman–Crippen MR) is 139 cm³/mol. The lowest BCUT2D eigenvalue weighted by Gasteiger charge is -2.35. The molecule has 2 fully saturated rings. The molecule has 0 aliphatic heterocycles.